The lowest BCUT2D eigenvalue weighted by Crippen LogP contribution is -2.01. The molecule has 0 bridgehead atoms. The number of thiophene rings is 1. The normalized spacial score (nSPS) is 12.8. The zero-order valence-corrected chi connectivity index (χ0v) is 12.0. The van der Waals surface area contributed by atoms with Gasteiger partial charge in [0.2, 0.25) is 0 Å². The molecule has 1 atom stereocenters. The van der Waals surface area contributed by atoms with E-state index in [1.165, 1.54) is 5.39 Å². The van der Waals surface area contributed by atoms with E-state index in [1.807, 2.05) is 42.6 Å². The van der Waals surface area contributed by atoms with Crippen LogP contribution in [-0.2, 0) is 0 Å². The summed E-state index contributed by atoms with van der Waals surface area (Å²) in [5.74, 6) is 0. The highest BCUT2D eigenvalue weighted by Gasteiger charge is 2.16. The number of hydrogen-bond donors (Lipinski definition) is 1. The molecule has 0 saturated carbocycles. The zero-order valence-electron chi connectivity index (χ0n) is 11.2. The molecule has 1 unspecified atom stereocenters. The van der Waals surface area contributed by atoms with Gasteiger partial charge in [-0.1, -0.05) is 42.5 Å². The smallest absolute Gasteiger partial charge is 0.108 e. The molecule has 4 rings (SSSR count). The van der Waals surface area contributed by atoms with Crippen LogP contribution >= 0.6 is 11.3 Å². The zero-order chi connectivity index (χ0) is 14.2. The van der Waals surface area contributed by atoms with Gasteiger partial charge >= 0.3 is 0 Å². The number of aromatic nitrogens is 1. The van der Waals surface area contributed by atoms with Gasteiger partial charge < -0.3 is 5.11 Å². The Morgan fingerprint density at radius 1 is 0.857 bits per heavy atom. The molecule has 2 heterocycles. The Morgan fingerprint density at radius 2 is 1.71 bits per heavy atom. The molecule has 1 N–H and O–H groups in total. The summed E-state index contributed by atoms with van der Waals surface area (Å²) in [6.07, 6.45) is 2.93. The van der Waals surface area contributed by atoms with Crippen molar-refractivity contribution in [2.75, 3.05) is 0 Å². The van der Waals surface area contributed by atoms with Gasteiger partial charge in [0.05, 0.1) is 0 Å². The third-order valence-electron chi connectivity index (χ3n) is 3.80. The fourth-order valence-corrected chi connectivity index (χ4v) is 3.70. The molecule has 2 aromatic heterocycles. The molecule has 2 aromatic carbocycles. The first-order valence-corrected chi connectivity index (χ1v) is 7.69. The maximum Gasteiger partial charge on any atom is 0.108 e. The lowest BCUT2D eigenvalue weighted by molar-refractivity contribution is 0.223. The molecule has 3 heteroatoms. The Kier molecular flexibility index (Phi) is 2.95. The van der Waals surface area contributed by atoms with E-state index in [0.29, 0.717) is 0 Å². The molecule has 0 aliphatic rings. The monoisotopic (exact) mass is 291 g/mol. The summed E-state index contributed by atoms with van der Waals surface area (Å²) < 4.78 is 1.14. The number of rotatable bonds is 2. The molecule has 0 radical (unpaired) electrons. The van der Waals surface area contributed by atoms with Crippen molar-refractivity contribution >= 4 is 32.2 Å². The van der Waals surface area contributed by atoms with Crippen LogP contribution in [0.2, 0.25) is 0 Å². The summed E-state index contributed by atoms with van der Waals surface area (Å²) in [4.78, 5) is 4.27. The van der Waals surface area contributed by atoms with Crippen LogP contribution in [-0.4, -0.2) is 10.1 Å². The Balaban J connectivity index is 1.94. The van der Waals surface area contributed by atoms with Gasteiger partial charge in [0.1, 0.15) is 6.10 Å². The molecule has 0 aliphatic carbocycles. The second-order valence-corrected chi connectivity index (χ2v) is 5.95. The molecule has 0 amide bonds. The van der Waals surface area contributed by atoms with Crippen molar-refractivity contribution in [1.29, 1.82) is 0 Å². The van der Waals surface area contributed by atoms with E-state index >= 15 is 0 Å². The molecule has 21 heavy (non-hydrogen) atoms. The molecule has 0 fully saturated rings. The number of aliphatic hydroxyl groups is 1. The van der Waals surface area contributed by atoms with Gasteiger partial charge in [0.15, 0.2) is 0 Å². The van der Waals surface area contributed by atoms with Crippen molar-refractivity contribution in [2.24, 2.45) is 0 Å². The van der Waals surface area contributed by atoms with E-state index in [4.69, 9.17) is 0 Å². The number of fused-ring (bicyclic) bond motifs is 2. The van der Waals surface area contributed by atoms with Gasteiger partial charge in [0.25, 0.3) is 0 Å². The molecule has 0 spiro atoms. The van der Waals surface area contributed by atoms with Crippen LogP contribution in [0.3, 0.4) is 0 Å². The minimum atomic E-state index is -0.661. The maximum absolute atomic E-state index is 10.9. The summed E-state index contributed by atoms with van der Waals surface area (Å²) in [7, 11) is 0. The third-order valence-corrected chi connectivity index (χ3v) is 4.78. The predicted octanol–water partition coefficient (Wildman–Crippen LogP) is 4.53. The quantitative estimate of drug-likeness (QED) is 0.588. The molecular formula is C18H13NOS. The van der Waals surface area contributed by atoms with Gasteiger partial charge in [-0.2, -0.15) is 0 Å². The number of nitrogens with zero attached hydrogens (tertiary/aromatic N) is 1. The minimum absolute atomic E-state index is 0.661. The van der Waals surface area contributed by atoms with Crippen LogP contribution < -0.4 is 0 Å². The Bertz CT molecular complexity index is 923. The van der Waals surface area contributed by atoms with Gasteiger partial charge in [-0.05, 0) is 22.2 Å². The fraction of sp³-hybridized carbons (Fsp3) is 0.0556. The second-order valence-electron chi connectivity index (χ2n) is 5.04. The SMILES string of the molecule is OC(c1cncc2ccccc12)c1cccc2ccsc12. The number of benzene rings is 2. The second kappa shape index (κ2) is 4.95. The van der Waals surface area contributed by atoms with Crippen LogP contribution in [0, 0.1) is 0 Å². The minimum Gasteiger partial charge on any atom is -0.384 e. The highest BCUT2D eigenvalue weighted by molar-refractivity contribution is 7.17. The topological polar surface area (TPSA) is 33.1 Å². The van der Waals surface area contributed by atoms with E-state index in [1.54, 1.807) is 17.5 Å². The Morgan fingerprint density at radius 3 is 2.67 bits per heavy atom. The highest BCUT2D eigenvalue weighted by atomic mass is 32.1. The van der Waals surface area contributed by atoms with Crippen molar-refractivity contribution < 1.29 is 5.11 Å². The molecular weight excluding hydrogens is 278 g/mol. The van der Waals surface area contributed by atoms with Gasteiger partial charge in [-0.3, -0.25) is 4.98 Å². The first-order chi connectivity index (χ1) is 10.3. The Hall–Kier alpha value is -2.23. The van der Waals surface area contributed by atoms with Gasteiger partial charge in [-0.15, -0.1) is 11.3 Å². The van der Waals surface area contributed by atoms with Gasteiger partial charge in [0, 0.05) is 33.6 Å². The average molecular weight is 291 g/mol. The highest BCUT2D eigenvalue weighted by Crippen LogP contribution is 2.34. The molecule has 0 aliphatic heterocycles. The molecule has 102 valence electrons. The summed E-state index contributed by atoms with van der Waals surface area (Å²) in [6.45, 7) is 0. The van der Waals surface area contributed by atoms with Gasteiger partial charge in [-0.25, -0.2) is 0 Å². The average Bonchev–Trinajstić information content (AvgIpc) is 3.02. The van der Waals surface area contributed by atoms with Crippen molar-refractivity contribution in [3.63, 3.8) is 0 Å². The molecule has 0 saturated heterocycles. The summed E-state index contributed by atoms with van der Waals surface area (Å²) in [5.41, 5.74) is 1.80. The van der Waals surface area contributed by atoms with E-state index in [-0.39, 0.29) is 0 Å². The lowest BCUT2D eigenvalue weighted by atomic mass is 9.97. The summed E-state index contributed by atoms with van der Waals surface area (Å²) >= 11 is 1.66. The van der Waals surface area contributed by atoms with E-state index in [0.717, 1.165) is 26.6 Å². The van der Waals surface area contributed by atoms with Crippen LogP contribution in [0.4, 0.5) is 0 Å². The Labute approximate surface area is 126 Å². The molecule has 2 nitrogen and oxygen atoms in total. The first-order valence-electron chi connectivity index (χ1n) is 6.81. The van der Waals surface area contributed by atoms with E-state index in [9.17, 15) is 5.11 Å². The van der Waals surface area contributed by atoms with Crippen LogP contribution in [0.5, 0.6) is 0 Å². The van der Waals surface area contributed by atoms with Crippen molar-refractivity contribution in [1.82, 2.24) is 4.98 Å². The standard InChI is InChI=1S/C18H13NOS/c20-17(15-7-3-5-12-8-9-21-18(12)15)16-11-19-10-13-4-1-2-6-14(13)16/h1-11,17,20H. The number of hydrogen-bond acceptors (Lipinski definition) is 3. The largest absolute Gasteiger partial charge is 0.384 e. The predicted molar refractivity (Wildman–Crippen MR) is 87.6 cm³/mol. The first kappa shape index (κ1) is 12.5. The van der Waals surface area contributed by atoms with Crippen molar-refractivity contribution in [3.8, 4) is 0 Å². The summed E-state index contributed by atoms with van der Waals surface area (Å²) in [5, 5.41) is 16.2. The van der Waals surface area contributed by atoms with Crippen LogP contribution in [0.25, 0.3) is 20.9 Å². The molecule has 4 aromatic rings. The van der Waals surface area contributed by atoms with E-state index in [2.05, 4.69) is 22.5 Å². The van der Waals surface area contributed by atoms with Crippen molar-refractivity contribution in [3.05, 3.63) is 77.4 Å². The maximum atomic E-state index is 10.9. The third kappa shape index (κ3) is 2.02. The number of pyridine rings is 1. The van der Waals surface area contributed by atoms with Crippen LogP contribution in [0.15, 0.2) is 66.3 Å². The van der Waals surface area contributed by atoms with Crippen molar-refractivity contribution in [2.45, 2.75) is 6.10 Å². The van der Waals surface area contributed by atoms with E-state index < -0.39 is 6.10 Å². The van der Waals surface area contributed by atoms with Crippen LogP contribution in [0.1, 0.15) is 17.2 Å². The lowest BCUT2D eigenvalue weighted by Gasteiger charge is -2.14. The fourth-order valence-electron chi connectivity index (χ4n) is 2.76. The summed E-state index contributed by atoms with van der Waals surface area (Å²) in [6, 6.07) is 16.2. The number of aliphatic hydroxyl groups excluding tert-OH is 1.